The van der Waals surface area contributed by atoms with Crippen molar-refractivity contribution in [3.05, 3.63) is 59.2 Å². The van der Waals surface area contributed by atoms with Gasteiger partial charge in [0.25, 0.3) is 0 Å². The second-order valence-corrected chi connectivity index (χ2v) is 9.03. The molecule has 2 aliphatic rings. The Balaban J connectivity index is 1.43. The smallest absolute Gasteiger partial charge is 0.131 e. The van der Waals surface area contributed by atoms with E-state index in [1.54, 1.807) is 18.2 Å². The highest BCUT2D eigenvalue weighted by molar-refractivity contribution is 5.66. The number of unbranched alkanes of at least 4 members (excludes halogenated alkanes) is 1. The first kappa shape index (κ1) is 19.6. The predicted molar refractivity (Wildman–Crippen MR) is 112 cm³/mol. The first-order chi connectivity index (χ1) is 13.6. The Labute approximate surface area is 168 Å². The lowest BCUT2D eigenvalue weighted by atomic mass is 9.69. The monoisotopic (exact) mass is 382 g/mol. The fourth-order valence-corrected chi connectivity index (χ4v) is 5.50. The maximum atomic E-state index is 14.8. The second kappa shape index (κ2) is 8.76. The predicted octanol–water partition coefficient (Wildman–Crippen LogP) is 7.73. The van der Waals surface area contributed by atoms with E-state index in [-0.39, 0.29) is 11.6 Å². The molecule has 0 heterocycles. The molecule has 2 aromatic rings. The summed E-state index contributed by atoms with van der Waals surface area (Å²) in [6.07, 6.45) is 12.9. The molecule has 0 N–H and O–H groups in total. The van der Waals surface area contributed by atoms with E-state index in [9.17, 15) is 8.78 Å². The average Bonchev–Trinajstić information content (AvgIpc) is 2.72. The molecule has 28 heavy (non-hydrogen) atoms. The van der Waals surface area contributed by atoms with Gasteiger partial charge in [0, 0.05) is 5.56 Å². The van der Waals surface area contributed by atoms with E-state index >= 15 is 0 Å². The van der Waals surface area contributed by atoms with Gasteiger partial charge in [-0.2, -0.15) is 0 Å². The van der Waals surface area contributed by atoms with Crippen LogP contribution in [-0.4, -0.2) is 0 Å². The van der Waals surface area contributed by atoms with Crippen LogP contribution in [-0.2, 0) is 12.8 Å². The van der Waals surface area contributed by atoms with Crippen LogP contribution in [0.15, 0.2) is 36.4 Å². The van der Waals surface area contributed by atoms with E-state index < -0.39 is 0 Å². The first-order valence-electron chi connectivity index (χ1n) is 11.2. The minimum atomic E-state index is -0.283. The van der Waals surface area contributed by atoms with Crippen molar-refractivity contribution in [3.8, 4) is 11.1 Å². The van der Waals surface area contributed by atoms with Crippen LogP contribution in [0, 0.1) is 29.4 Å². The molecule has 0 saturated heterocycles. The number of rotatable bonds is 5. The van der Waals surface area contributed by atoms with Crippen molar-refractivity contribution in [2.75, 3.05) is 0 Å². The summed E-state index contributed by atoms with van der Waals surface area (Å²) in [6, 6.07) is 9.91. The van der Waals surface area contributed by atoms with Crippen molar-refractivity contribution in [1.82, 2.24) is 0 Å². The molecule has 4 rings (SSSR count). The Bertz CT molecular complexity index is 785. The Morgan fingerprint density at radius 3 is 2.32 bits per heavy atom. The summed E-state index contributed by atoms with van der Waals surface area (Å²) >= 11 is 0. The van der Waals surface area contributed by atoms with Gasteiger partial charge >= 0.3 is 0 Å². The van der Waals surface area contributed by atoms with Gasteiger partial charge < -0.3 is 0 Å². The van der Waals surface area contributed by atoms with Gasteiger partial charge in [0.2, 0.25) is 0 Å². The Morgan fingerprint density at radius 2 is 1.61 bits per heavy atom. The lowest BCUT2D eigenvalue weighted by Gasteiger charge is -2.36. The van der Waals surface area contributed by atoms with Crippen LogP contribution in [0.2, 0.25) is 0 Å². The molecule has 1 atom stereocenters. The number of aryl methyl sites for hydroxylation is 1. The van der Waals surface area contributed by atoms with E-state index in [2.05, 4.69) is 6.92 Å². The Kier molecular flexibility index (Phi) is 6.13. The van der Waals surface area contributed by atoms with Gasteiger partial charge in [-0.1, -0.05) is 51.2 Å². The van der Waals surface area contributed by atoms with E-state index in [0.717, 1.165) is 36.2 Å². The summed E-state index contributed by atoms with van der Waals surface area (Å²) in [5.74, 6) is 2.04. The summed E-state index contributed by atoms with van der Waals surface area (Å²) in [7, 11) is 0. The minimum absolute atomic E-state index is 0.172. The normalized spacial score (nSPS) is 24.8. The Morgan fingerprint density at radius 1 is 0.857 bits per heavy atom. The lowest BCUT2D eigenvalue weighted by molar-refractivity contribution is 0.183. The Hall–Kier alpha value is -1.70. The highest BCUT2D eigenvalue weighted by Gasteiger charge is 2.30. The number of fused-ring (bicyclic) bond motifs is 1. The van der Waals surface area contributed by atoms with Crippen LogP contribution < -0.4 is 0 Å². The molecular formula is C26H32F2. The maximum absolute atomic E-state index is 14.8. The fourth-order valence-electron chi connectivity index (χ4n) is 5.50. The molecule has 0 bridgehead atoms. The van der Waals surface area contributed by atoms with Crippen molar-refractivity contribution < 1.29 is 8.78 Å². The van der Waals surface area contributed by atoms with Gasteiger partial charge in [0.05, 0.1) is 0 Å². The van der Waals surface area contributed by atoms with Gasteiger partial charge in [-0.15, -0.1) is 0 Å². The molecule has 0 aromatic heterocycles. The third-order valence-electron chi connectivity index (χ3n) is 7.24. The summed E-state index contributed by atoms with van der Waals surface area (Å²) < 4.78 is 28.0. The SMILES string of the molecule is CCCCC1CCC(C2CCc3cc(-c4ccc(F)cc4)c(F)cc3C2)CC1. The maximum Gasteiger partial charge on any atom is 0.131 e. The van der Waals surface area contributed by atoms with E-state index in [1.807, 2.05) is 6.07 Å². The number of halogens is 2. The molecule has 0 spiro atoms. The molecule has 150 valence electrons. The molecular weight excluding hydrogens is 350 g/mol. The molecule has 0 radical (unpaired) electrons. The van der Waals surface area contributed by atoms with Gasteiger partial charge in [0.1, 0.15) is 11.6 Å². The number of hydrogen-bond acceptors (Lipinski definition) is 0. The summed E-state index contributed by atoms with van der Waals surface area (Å²) in [5, 5.41) is 0. The molecule has 2 aliphatic carbocycles. The van der Waals surface area contributed by atoms with E-state index in [4.69, 9.17) is 0 Å². The van der Waals surface area contributed by atoms with E-state index in [1.165, 1.54) is 74.6 Å². The second-order valence-electron chi connectivity index (χ2n) is 9.03. The topological polar surface area (TPSA) is 0 Å². The number of benzene rings is 2. The van der Waals surface area contributed by atoms with E-state index in [0.29, 0.717) is 5.56 Å². The molecule has 1 unspecified atom stereocenters. The van der Waals surface area contributed by atoms with Crippen LogP contribution in [0.25, 0.3) is 11.1 Å². The third-order valence-corrected chi connectivity index (χ3v) is 7.24. The standard InChI is InChI=1S/C26H32F2/c1-2-3-4-18-5-7-19(8-6-18)21-9-10-22-16-25(26(28)17-23(22)15-21)20-11-13-24(27)14-12-20/h11-14,16-19,21H,2-10,15H2,1H3. The zero-order chi connectivity index (χ0) is 19.5. The molecule has 2 heteroatoms. The van der Waals surface area contributed by atoms with Crippen LogP contribution >= 0.6 is 0 Å². The van der Waals surface area contributed by atoms with Gasteiger partial charge in [-0.3, -0.25) is 0 Å². The van der Waals surface area contributed by atoms with Crippen LogP contribution in [0.5, 0.6) is 0 Å². The largest absolute Gasteiger partial charge is 0.207 e. The quantitative estimate of drug-likeness (QED) is 0.496. The van der Waals surface area contributed by atoms with Crippen LogP contribution in [0.4, 0.5) is 8.78 Å². The number of hydrogen-bond donors (Lipinski definition) is 0. The van der Waals surface area contributed by atoms with Crippen molar-refractivity contribution in [3.63, 3.8) is 0 Å². The molecule has 2 aromatic carbocycles. The van der Waals surface area contributed by atoms with Gasteiger partial charge in [-0.05, 0) is 90.8 Å². The average molecular weight is 383 g/mol. The fraction of sp³-hybridized carbons (Fsp3) is 0.538. The van der Waals surface area contributed by atoms with Gasteiger partial charge in [0.15, 0.2) is 0 Å². The van der Waals surface area contributed by atoms with Crippen molar-refractivity contribution >= 4 is 0 Å². The summed E-state index contributed by atoms with van der Waals surface area (Å²) in [6.45, 7) is 2.28. The molecule has 0 aliphatic heterocycles. The lowest BCUT2D eigenvalue weighted by Crippen LogP contribution is -2.26. The van der Waals surface area contributed by atoms with Crippen molar-refractivity contribution in [2.45, 2.75) is 71.1 Å². The molecule has 1 fully saturated rings. The highest BCUT2D eigenvalue weighted by Crippen LogP contribution is 2.41. The van der Waals surface area contributed by atoms with Crippen LogP contribution in [0.3, 0.4) is 0 Å². The third kappa shape index (κ3) is 4.31. The molecule has 0 amide bonds. The highest BCUT2D eigenvalue weighted by atomic mass is 19.1. The van der Waals surface area contributed by atoms with Crippen molar-refractivity contribution in [1.29, 1.82) is 0 Å². The minimum Gasteiger partial charge on any atom is -0.207 e. The summed E-state index contributed by atoms with van der Waals surface area (Å²) in [5.41, 5.74) is 3.85. The molecule has 0 nitrogen and oxygen atoms in total. The zero-order valence-electron chi connectivity index (χ0n) is 17.0. The van der Waals surface area contributed by atoms with Crippen LogP contribution in [0.1, 0.15) is 69.4 Å². The van der Waals surface area contributed by atoms with Gasteiger partial charge in [-0.25, -0.2) is 8.78 Å². The summed E-state index contributed by atoms with van der Waals surface area (Å²) in [4.78, 5) is 0. The van der Waals surface area contributed by atoms with Crippen molar-refractivity contribution in [2.24, 2.45) is 17.8 Å². The zero-order valence-corrected chi connectivity index (χ0v) is 17.0. The first-order valence-corrected chi connectivity index (χ1v) is 11.2. The molecule has 1 saturated carbocycles.